The first kappa shape index (κ1) is 13.1. The van der Waals surface area contributed by atoms with E-state index < -0.39 is 0 Å². The van der Waals surface area contributed by atoms with Crippen molar-refractivity contribution in [3.8, 4) is 0 Å². The zero-order valence-electron chi connectivity index (χ0n) is 11.3. The summed E-state index contributed by atoms with van der Waals surface area (Å²) < 4.78 is 0. The van der Waals surface area contributed by atoms with E-state index in [1.807, 2.05) is 24.4 Å². The fraction of sp³-hybridized carbons (Fsp3) is 0.357. The zero-order chi connectivity index (χ0) is 13.9. The predicted molar refractivity (Wildman–Crippen MR) is 79.2 cm³/mol. The number of aromatic amines is 1. The van der Waals surface area contributed by atoms with E-state index in [4.69, 9.17) is 0 Å². The highest BCUT2D eigenvalue weighted by Gasteiger charge is 2.21. The van der Waals surface area contributed by atoms with Gasteiger partial charge in [0.1, 0.15) is 0 Å². The molecular formula is C14H16N4OS. The molecule has 0 saturated carbocycles. The molecule has 0 fully saturated rings. The number of hydrogen-bond donors (Lipinski definition) is 2. The van der Waals surface area contributed by atoms with Crippen molar-refractivity contribution in [1.29, 1.82) is 0 Å². The molecule has 1 aliphatic carbocycles. The Balaban J connectivity index is 1.74. The van der Waals surface area contributed by atoms with Crippen molar-refractivity contribution < 1.29 is 4.79 Å². The Morgan fingerprint density at radius 1 is 1.45 bits per heavy atom. The van der Waals surface area contributed by atoms with E-state index >= 15 is 0 Å². The van der Waals surface area contributed by atoms with Crippen LogP contribution in [0.25, 0.3) is 0 Å². The number of hydrazone groups is 1. The van der Waals surface area contributed by atoms with Crippen molar-refractivity contribution in [3.63, 3.8) is 0 Å². The number of carbonyl (C=O) groups is 1. The molecule has 0 aromatic carbocycles. The van der Waals surface area contributed by atoms with Crippen molar-refractivity contribution in [2.45, 2.75) is 32.6 Å². The van der Waals surface area contributed by atoms with Gasteiger partial charge in [-0.25, -0.2) is 5.43 Å². The van der Waals surface area contributed by atoms with Crippen LogP contribution in [0.3, 0.4) is 0 Å². The standard InChI is InChI=1S/C14H16N4OS/c1-9(12-7-4-8-20-12)15-18-14(19)13-10-5-2-3-6-11(10)16-17-13/h4,7-8H,2-3,5-6H2,1H3,(H,16,17)(H,18,19). The fourth-order valence-corrected chi connectivity index (χ4v) is 3.07. The maximum absolute atomic E-state index is 12.2. The zero-order valence-corrected chi connectivity index (χ0v) is 12.1. The van der Waals surface area contributed by atoms with Crippen molar-refractivity contribution in [1.82, 2.24) is 15.6 Å². The molecule has 20 heavy (non-hydrogen) atoms. The normalized spacial score (nSPS) is 14.9. The molecule has 0 saturated heterocycles. The largest absolute Gasteiger partial charge is 0.292 e. The van der Waals surface area contributed by atoms with Gasteiger partial charge in [0, 0.05) is 16.1 Å². The lowest BCUT2D eigenvalue weighted by atomic mass is 9.96. The SMILES string of the molecule is CC(=NNC(=O)c1n[nH]c2c1CCCC2)c1cccs1. The smallest absolute Gasteiger partial charge is 0.281 e. The summed E-state index contributed by atoms with van der Waals surface area (Å²) in [6.07, 6.45) is 4.17. The lowest BCUT2D eigenvalue weighted by molar-refractivity contribution is 0.0949. The van der Waals surface area contributed by atoms with Gasteiger partial charge in [-0.15, -0.1) is 11.3 Å². The molecule has 1 amide bonds. The van der Waals surface area contributed by atoms with Gasteiger partial charge in [-0.1, -0.05) is 6.07 Å². The van der Waals surface area contributed by atoms with Crippen LogP contribution in [-0.4, -0.2) is 21.8 Å². The van der Waals surface area contributed by atoms with Crippen LogP contribution in [0.1, 0.15) is 46.4 Å². The van der Waals surface area contributed by atoms with E-state index in [0.29, 0.717) is 5.69 Å². The van der Waals surface area contributed by atoms with Crippen LogP contribution in [0, 0.1) is 0 Å². The van der Waals surface area contributed by atoms with Crippen molar-refractivity contribution >= 4 is 23.0 Å². The topological polar surface area (TPSA) is 70.1 Å². The molecule has 2 aromatic rings. The average molecular weight is 288 g/mol. The first-order valence-electron chi connectivity index (χ1n) is 6.70. The van der Waals surface area contributed by atoms with Gasteiger partial charge in [0.05, 0.1) is 5.71 Å². The molecule has 0 atom stereocenters. The van der Waals surface area contributed by atoms with Gasteiger partial charge in [0.25, 0.3) is 5.91 Å². The summed E-state index contributed by atoms with van der Waals surface area (Å²) in [6.45, 7) is 1.88. The third-order valence-electron chi connectivity index (χ3n) is 3.47. The van der Waals surface area contributed by atoms with Gasteiger partial charge in [0.2, 0.25) is 0 Å². The Morgan fingerprint density at radius 3 is 3.10 bits per heavy atom. The number of rotatable bonds is 3. The first-order chi connectivity index (χ1) is 9.75. The first-order valence-corrected chi connectivity index (χ1v) is 7.58. The molecule has 0 radical (unpaired) electrons. The summed E-state index contributed by atoms with van der Waals surface area (Å²) in [6, 6.07) is 3.94. The molecule has 0 bridgehead atoms. The van der Waals surface area contributed by atoms with Crippen molar-refractivity contribution in [2.75, 3.05) is 0 Å². The number of nitrogens with zero attached hydrogens (tertiary/aromatic N) is 2. The number of carbonyl (C=O) groups excluding carboxylic acids is 1. The molecule has 0 unspecified atom stereocenters. The number of aromatic nitrogens is 2. The molecule has 1 aliphatic rings. The van der Waals surface area contributed by atoms with E-state index in [-0.39, 0.29) is 5.91 Å². The van der Waals surface area contributed by atoms with E-state index in [0.717, 1.165) is 47.5 Å². The van der Waals surface area contributed by atoms with Crippen LogP contribution >= 0.6 is 11.3 Å². The summed E-state index contributed by atoms with van der Waals surface area (Å²) in [7, 11) is 0. The van der Waals surface area contributed by atoms with Gasteiger partial charge >= 0.3 is 0 Å². The highest BCUT2D eigenvalue weighted by Crippen LogP contribution is 2.22. The molecule has 0 spiro atoms. The number of H-pyrrole nitrogens is 1. The van der Waals surface area contributed by atoms with E-state index in [2.05, 4.69) is 20.7 Å². The van der Waals surface area contributed by atoms with Crippen LogP contribution in [0.2, 0.25) is 0 Å². The summed E-state index contributed by atoms with van der Waals surface area (Å²) in [5.74, 6) is -0.236. The predicted octanol–water partition coefficient (Wildman–Crippen LogP) is 2.50. The molecule has 3 rings (SSSR count). The number of hydrogen-bond acceptors (Lipinski definition) is 4. The maximum atomic E-state index is 12.2. The second-order valence-electron chi connectivity index (χ2n) is 4.85. The summed E-state index contributed by atoms with van der Waals surface area (Å²) in [5, 5.41) is 13.2. The van der Waals surface area contributed by atoms with E-state index in [1.54, 1.807) is 11.3 Å². The number of thiophene rings is 1. The third kappa shape index (κ3) is 2.51. The molecular weight excluding hydrogens is 272 g/mol. The minimum absolute atomic E-state index is 0.236. The highest BCUT2D eigenvalue weighted by molar-refractivity contribution is 7.12. The second-order valence-corrected chi connectivity index (χ2v) is 5.80. The van der Waals surface area contributed by atoms with Crippen LogP contribution in [-0.2, 0) is 12.8 Å². The van der Waals surface area contributed by atoms with Crippen LogP contribution in [0.4, 0.5) is 0 Å². The molecule has 2 N–H and O–H groups in total. The monoisotopic (exact) mass is 288 g/mol. The molecule has 2 aromatic heterocycles. The van der Waals surface area contributed by atoms with Crippen molar-refractivity contribution in [2.24, 2.45) is 5.10 Å². The number of fused-ring (bicyclic) bond motifs is 1. The fourth-order valence-electron chi connectivity index (χ4n) is 2.40. The van der Waals surface area contributed by atoms with E-state index in [1.165, 1.54) is 0 Å². The molecule has 2 heterocycles. The highest BCUT2D eigenvalue weighted by atomic mass is 32.1. The Labute approximate surface area is 121 Å². The van der Waals surface area contributed by atoms with E-state index in [9.17, 15) is 4.79 Å². The molecule has 0 aliphatic heterocycles. The van der Waals surface area contributed by atoms with Gasteiger partial charge in [0.15, 0.2) is 5.69 Å². The second kappa shape index (κ2) is 5.58. The molecule has 6 heteroatoms. The third-order valence-corrected chi connectivity index (χ3v) is 4.45. The minimum Gasteiger partial charge on any atom is -0.281 e. The van der Waals surface area contributed by atoms with Crippen molar-refractivity contribution in [3.05, 3.63) is 39.3 Å². The number of aryl methyl sites for hydroxylation is 1. The van der Waals surface area contributed by atoms with Gasteiger partial charge in [-0.2, -0.15) is 10.2 Å². The summed E-state index contributed by atoms with van der Waals surface area (Å²) in [5.41, 5.74) is 6.04. The van der Waals surface area contributed by atoms with Crippen LogP contribution < -0.4 is 5.43 Å². The Kier molecular flexibility index (Phi) is 3.64. The van der Waals surface area contributed by atoms with Gasteiger partial charge in [-0.05, 0) is 44.1 Å². The average Bonchev–Trinajstić information content (AvgIpc) is 3.13. The quantitative estimate of drug-likeness (QED) is 0.673. The Hall–Kier alpha value is -1.95. The minimum atomic E-state index is -0.236. The number of nitrogens with one attached hydrogen (secondary N) is 2. The molecule has 104 valence electrons. The summed E-state index contributed by atoms with van der Waals surface area (Å²) >= 11 is 1.60. The summed E-state index contributed by atoms with van der Waals surface area (Å²) in [4.78, 5) is 13.2. The lowest BCUT2D eigenvalue weighted by Crippen LogP contribution is -2.21. The van der Waals surface area contributed by atoms with Gasteiger partial charge in [-0.3, -0.25) is 9.89 Å². The lowest BCUT2D eigenvalue weighted by Gasteiger charge is -2.10. The number of amides is 1. The molecule has 5 nitrogen and oxygen atoms in total. The Bertz CT molecular complexity index is 642. The Morgan fingerprint density at radius 2 is 2.30 bits per heavy atom. The van der Waals surface area contributed by atoms with Crippen LogP contribution in [0.15, 0.2) is 22.6 Å². The van der Waals surface area contributed by atoms with Crippen LogP contribution in [0.5, 0.6) is 0 Å². The van der Waals surface area contributed by atoms with Gasteiger partial charge < -0.3 is 0 Å². The maximum Gasteiger partial charge on any atom is 0.292 e.